The van der Waals surface area contributed by atoms with Crippen LogP contribution in [0, 0.1) is 0 Å². The predicted octanol–water partition coefficient (Wildman–Crippen LogP) is 2.93. The lowest BCUT2D eigenvalue weighted by molar-refractivity contribution is 0.0519. The lowest BCUT2D eigenvalue weighted by Crippen LogP contribution is -2.05. The fourth-order valence-corrected chi connectivity index (χ4v) is 2.01. The highest BCUT2D eigenvalue weighted by Gasteiger charge is 2.17. The maximum atomic E-state index is 11.6. The fraction of sp³-hybridized carbons (Fsp3) is 0.200. The number of hydrogen-bond donors (Lipinski definition) is 0. The first-order valence-corrected chi connectivity index (χ1v) is 5.80. The third-order valence-electron chi connectivity index (χ3n) is 1.99. The normalized spacial score (nSPS) is 10.7. The third kappa shape index (κ3) is 1.92. The molecule has 0 unspecified atom stereocenters. The smallest absolute Gasteiger partial charge is 0.359 e. The Labute approximate surface area is 105 Å². The molecule has 0 spiro atoms. The summed E-state index contributed by atoms with van der Waals surface area (Å²) in [5, 5.41) is 0.570. The van der Waals surface area contributed by atoms with E-state index in [0.717, 1.165) is 0 Å². The van der Waals surface area contributed by atoms with E-state index in [9.17, 15) is 4.79 Å². The second kappa shape index (κ2) is 4.43. The zero-order valence-electron chi connectivity index (χ0n) is 8.41. The molecule has 0 saturated heterocycles. The van der Waals surface area contributed by atoms with Gasteiger partial charge in [-0.15, -0.1) is 0 Å². The molecule has 2 heterocycles. The van der Waals surface area contributed by atoms with Crippen LogP contribution in [0.15, 0.2) is 22.9 Å². The van der Waals surface area contributed by atoms with Crippen LogP contribution in [0.5, 0.6) is 0 Å². The van der Waals surface area contributed by atoms with Crippen molar-refractivity contribution in [1.29, 1.82) is 0 Å². The average molecular weight is 304 g/mol. The Morgan fingerprint density at radius 3 is 3.06 bits per heavy atom. The third-order valence-corrected chi connectivity index (χ3v) is 2.97. The SMILES string of the molecule is CCOC(=O)c1nc2ccc(Cl)cn2c1Br. The summed E-state index contributed by atoms with van der Waals surface area (Å²) in [6.07, 6.45) is 1.68. The lowest BCUT2D eigenvalue weighted by atomic mass is 10.5. The number of rotatable bonds is 2. The van der Waals surface area contributed by atoms with Gasteiger partial charge in [0.2, 0.25) is 0 Å². The van der Waals surface area contributed by atoms with Crippen molar-refractivity contribution in [2.45, 2.75) is 6.92 Å². The van der Waals surface area contributed by atoms with E-state index >= 15 is 0 Å². The Morgan fingerprint density at radius 2 is 2.38 bits per heavy atom. The Bertz CT molecular complexity index is 553. The topological polar surface area (TPSA) is 43.6 Å². The molecule has 0 bridgehead atoms. The van der Waals surface area contributed by atoms with Crippen molar-refractivity contribution in [3.05, 3.63) is 33.6 Å². The maximum Gasteiger partial charge on any atom is 0.359 e. The molecule has 84 valence electrons. The Balaban J connectivity index is 2.56. The first-order chi connectivity index (χ1) is 7.63. The number of hydrogen-bond acceptors (Lipinski definition) is 3. The van der Waals surface area contributed by atoms with Crippen LogP contribution in [0.2, 0.25) is 5.02 Å². The van der Waals surface area contributed by atoms with Crippen molar-refractivity contribution in [1.82, 2.24) is 9.38 Å². The van der Waals surface area contributed by atoms with Crippen molar-refractivity contribution in [3.63, 3.8) is 0 Å². The van der Waals surface area contributed by atoms with E-state index in [2.05, 4.69) is 20.9 Å². The van der Waals surface area contributed by atoms with Crippen LogP contribution in [-0.2, 0) is 4.74 Å². The number of aromatic nitrogens is 2. The molecule has 0 aliphatic rings. The van der Waals surface area contributed by atoms with Crippen LogP contribution in [0.4, 0.5) is 0 Å². The summed E-state index contributed by atoms with van der Waals surface area (Å²) < 4.78 is 7.12. The summed E-state index contributed by atoms with van der Waals surface area (Å²) >= 11 is 9.15. The molecule has 0 atom stereocenters. The van der Waals surface area contributed by atoms with Gasteiger partial charge in [-0.1, -0.05) is 11.6 Å². The van der Waals surface area contributed by atoms with E-state index in [4.69, 9.17) is 16.3 Å². The molecule has 6 heteroatoms. The van der Waals surface area contributed by atoms with Crippen LogP contribution in [0.25, 0.3) is 5.65 Å². The maximum absolute atomic E-state index is 11.6. The Kier molecular flexibility index (Phi) is 3.16. The Morgan fingerprint density at radius 1 is 1.62 bits per heavy atom. The summed E-state index contributed by atoms with van der Waals surface area (Å²) in [5.74, 6) is -0.450. The number of nitrogens with zero attached hydrogens (tertiary/aromatic N) is 2. The van der Waals surface area contributed by atoms with Gasteiger partial charge in [0.25, 0.3) is 0 Å². The van der Waals surface area contributed by atoms with Crippen LogP contribution in [0.3, 0.4) is 0 Å². The second-order valence-electron chi connectivity index (χ2n) is 3.05. The molecule has 0 fully saturated rings. The van der Waals surface area contributed by atoms with Gasteiger partial charge in [0.1, 0.15) is 10.3 Å². The molecule has 2 aromatic rings. The molecule has 0 radical (unpaired) electrons. The average Bonchev–Trinajstić information content (AvgIpc) is 2.57. The van der Waals surface area contributed by atoms with Gasteiger partial charge in [0, 0.05) is 6.20 Å². The molecule has 0 aliphatic heterocycles. The number of pyridine rings is 1. The second-order valence-corrected chi connectivity index (χ2v) is 4.23. The molecule has 0 aliphatic carbocycles. The summed E-state index contributed by atoms with van der Waals surface area (Å²) in [6, 6.07) is 3.45. The summed E-state index contributed by atoms with van der Waals surface area (Å²) in [6.45, 7) is 2.07. The Hall–Kier alpha value is -1.07. The molecular weight excluding hydrogens is 295 g/mol. The summed E-state index contributed by atoms with van der Waals surface area (Å²) in [7, 11) is 0. The van der Waals surface area contributed by atoms with Gasteiger partial charge in [0.05, 0.1) is 11.6 Å². The number of carbonyl (C=O) groups excluding carboxylic acids is 1. The zero-order valence-corrected chi connectivity index (χ0v) is 10.7. The van der Waals surface area contributed by atoms with Crippen molar-refractivity contribution in [3.8, 4) is 0 Å². The molecule has 0 aromatic carbocycles. The predicted molar refractivity (Wildman–Crippen MR) is 63.9 cm³/mol. The number of imidazole rings is 1. The van der Waals surface area contributed by atoms with Crippen LogP contribution >= 0.6 is 27.5 Å². The molecular formula is C10H8BrClN2O2. The highest BCUT2D eigenvalue weighted by Crippen LogP contribution is 2.21. The quantitative estimate of drug-likeness (QED) is 0.801. The molecule has 0 N–H and O–H groups in total. The first kappa shape index (κ1) is 11.4. The van der Waals surface area contributed by atoms with Crippen LogP contribution in [0.1, 0.15) is 17.4 Å². The molecule has 0 amide bonds. The number of fused-ring (bicyclic) bond motifs is 1. The van der Waals surface area contributed by atoms with Crippen LogP contribution in [-0.4, -0.2) is 22.0 Å². The minimum Gasteiger partial charge on any atom is -0.461 e. The minimum absolute atomic E-state index is 0.254. The van der Waals surface area contributed by atoms with Gasteiger partial charge in [-0.05, 0) is 35.0 Å². The van der Waals surface area contributed by atoms with Gasteiger partial charge in [0.15, 0.2) is 5.69 Å². The van der Waals surface area contributed by atoms with Gasteiger partial charge < -0.3 is 4.74 Å². The van der Waals surface area contributed by atoms with Crippen molar-refractivity contribution < 1.29 is 9.53 Å². The van der Waals surface area contributed by atoms with Crippen molar-refractivity contribution >= 4 is 39.1 Å². The number of esters is 1. The standard InChI is InChI=1S/C10H8BrClN2O2/c1-2-16-10(15)8-9(11)14-5-6(12)3-4-7(14)13-8/h3-5H,2H2,1H3. The van der Waals surface area contributed by atoms with E-state index in [0.29, 0.717) is 21.9 Å². The van der Waals surface area contributed by atoms with E-state index in [1.165, 1.54) is 0 Å². The molecule has 2 rings (SSSR count). The van der Waals surface area contributed by atoms with Gasteiger partial charge in [-0.3, -0.25) is 4.40 Å². The highest BCUT2D eigenvalue weighted by atomic mass is 79.9. The van der Waals surface area contributed by atoms with E-state index in [1.807, 2.05) is 0 Å². The van der Waals surface area contributed by atoms with Gasteiger partial charge in [-0.2, -0.15) is 0 Å². The van der Waals surface area contributed by atoms with Crippen LogP contribution < -0.4 is 0 Å². The van der Waals surface area contributed by atoms with Gasteiger partial charge in [-0.25, -0.2) is 9.78 Å². The lowest BCUT2D eigenvalue weighted by Gasteiger charge is -1.98. The fourth-order valence-electron chi connectivity index (χ4n) is 1.32. The number of carbonyl (C=O) groups is 1. The van der Waals surface area contributed by atoms with Crippen molar-refractivity contribution in [2.24, 2.45) is 0 Å². The first-order valence-electron chi connectivity index (χ1n) is 4.63. The van der Waals surface area contributed by atoms with E-state index in [1.54, 1.807) is 29.7 Å². The van der Waals surface area contributed by atoms with Gasteiger partial charge >= 0.3 is 5.97 Å². The minimum atomic E-state index is -0.450. The molecule has 0 saturated carbocycles. The van der Waals surface area contributed by atoms with E-state index < -0.39 is 5.97 Å². The highest BCUT2D eigenvalue weighted by molar-refractivity contribution is 9.10. The monoisotopic (exact) mass is 302 g/mol. The molecule has 16 heavy (non-hydrogen) atoms. The molecule has 4 nitrogen and oxygen atoms in total. The summed E-state index contributed by atoms with van der Waals surface area (Å²) in [5.41, 5.74) is 0.892. The van der Waals surface area contributed by atoms with E-state index in [-0.39, 0.29) is 5.69 Å². The largest absolute Gasteiger partial charge is 0.461 e. The number of ether oxygens (including phenoxy) is 1. The molecule has 2 aromatic heterocycles. The number of halogens is 2. The zero-order chi connectivity index (χ0) is 11.7. The van der Waals surface area contributed by atoms with Crippen molar-refractivity contribution in [2.75, 3.05) is 6.61 Å². The summed E-state index contributed by atoms with van der Waals surface area (Å²) in [4.78, 5) is 15.7.